The van der Waals surface area contributed by atoms with Gasteiger partial charge in [-0.1, -0.05) is 96.5 Å². The first-order valence-electron chi connectivity index (χ1n) is 14.5. The molecule has 0 aliphatic carbocycles. The minimum atomic E-state index is -4.62. The smallest absolute Gasteiger partial charge is 0.473 e. The number of nitrogens with two attached hydrogens (primary N) is 1. The van der Waals surface area contributed by atoms with Crippen LogP contribution in [0.5, 0.6) is 0 Å². The van der Waals surface area contributed by atoms with Gasteiger partial charge in [0, 0.05) is 0 Å². The summed E-state index contributed by atoms with van der Waals surface area (Å²) in [5.41, 5.74) is 6.74. The lowest BCUT2D eigenvalue weighted by atomic mass is 10.0. The Morgan fingerprint density at radius 2 is 1.65 bits per heavy atom. The summed E-state index contributed by atoms with van der Waals surface area (Å²) in [5.74, 6) is -1.04. The number of nitrogens with zero attached hydrogens (tertiary/aromatic N) is 4. The van der Waals surface area contributed by atoms with Crippen LogP contribution in [-0.4, -0.2) is 54.3 Å². The molecule has 3 heterocycles. The number of carboxylic acid groups (broad SMARTS) is 1. The van der Waals surface area contributed by atoms with E-state index >= 15 is 0 Å². The Bertz CT molecular complexity index is 1130. The Morgan fingerprint density at radius 3 is 2.27 bits per heavy atom. The van der Waals surface area contributed by atoms with Crippen molar-refractivity contribution in [3.8, 4) is 0 Å². The molecule has 0 amide bonds. The first-order valence-corrected chi connectivity index (χ1v) is 16.0. The van der Waals surface area contributed by atoms with Gasteiger partial charge in [0.2, 0.25) is 0 Å². The molecule has 0 radical (unpaired) electrons. The summed E-state index contributed by atoms with van der Waals surface area (Å²) >= 11 is 0. The summed E-state index contributed by atoms with van der Waals surface area (Å²) in [6.07, 6.45) is 18.9. The molecule has 0 spiro atoms. The van der Waals surface area contributed by atoms with Gasteiger partial charge in [0.1, 0.15) is 17.9 Å². The molecule has 2 aromatic heterocycles. The quantitative estimate of drug-likeness (QED) is 0.0906. The van der Waals surface area contributed by atoms with Crippen LogP contribution in [0.15, 0.2) is 24.8 Å². The molecular formula is C27H44N5O7P. The van der Waals surface area contributed by atoms with Gasteiger partial charge in [-0.05, 0) is 12.5 Å². The molecule has 0 saturated heterocycles. The number of nitrogen functional groups attached to an aromatic ring is 1. The Hall–Kier alpha value is -2.37. The highest BCUT2D eigenvalue weighted by Gasteiger charge is 2.33. The molecule has 2 unspecified atom stereocenters. The van der Waals surface area contributed by atoms with Crippen molar-refractivity contribution in [2.24, 2.45) is 0 Å². The Morgan fingerprint density at radius 1 is 1.02 bits per heavy atom. The van der Waals surface area contributed by atoms with E-state index in [1.54, 1.807) is 16.7 Å². The van der Waals surface area contributed by atoms with Gasteiger partial charge in [-0.15, -0.1) is 0 Å². The lowest BCUT2D eigenvalue weighted by Gasteiger charge is -2.20. The van der Waals surface area contributed by atoms with Crippen LogP contribution in [-0.2, 0) is 23.1 Å². The van der Waals surface area contributed by atoms with Crippen molar-refractivity contribution >= 4 is 30.8 Å². The van der Waals surface area contributed by atoms with Gasteiger partial charge in [-0.3, -0.25) is 13.6 Å². The van der Waals surface area contributed by atoms with Gasteiger partial charge in [-0.2, -0.15) is 0 Å². The van der Waals surface area contributed by atoms with E-state index in [0.717, 1.165) is 19.3 Å². The van der Waals surface area contributed by atoms with Crippen LogP contribution in [0, 0.1) is 0 Å². The number of carboxylic acids is 1. The van der Waals surface area contributed by atoms with Crippen molar-refractivity contribution in [3.63, 3.8) is 0 Å². The fourth-order valence-electron chi connectivity index (χ4n) is 4.73. The number of hydrogen-bond donors (Lipinski definition) is 3. The summed E-state index contributed by atoms with van der Waals surface area (Å²) in [4.78, 5) is 34.0. The molecule has 4 N–H and O–H groups in total. The Balaban J connectivity index is 1.30. The number of carbonyl (C=O) groups is 1. The fraction of sp³-hybridized carbons (Fsp3) is 0.704. The SMILES string of the molecule is CCCCCCCCCCCCCCCC(OP(=O)(O)OC[C@@H]1C=C[C@H](n2cnc3c(N)ncnc32)O1)C(=O)O. The number of unbranched alkanes of at least 4 members (excludes halogenated alkanes) is 12. The molecule has 12 nitrogen and oxygen atoms in total. The maximum absolute atomic E-state index is 12.5. The summed E-state index contributed by atoms with van der Waals surface area (Å²) in [7, 11) is -4.62. The third-order valence-electron chi connectivity index (χ3n) is 6.97. The standard InChI is InChI=1S/C27H44N5O7P/c1-2-3-4-5-6-7-8-9-10-11-12-13-14-15-22(27(33)34)39-40(35,36)37-18-21-16-17-23(38-21)32-20-31-24-25(28)29-19-30-26(24)32/h16-17,19-23H,2-15,18H2,1H3,(H,33,34)(H,35,36)(H2,28,29,30)/t21-,22?,23+/m0/s1. The number of rotatable bonds is 21. The van der Waals surface area contributed by atoms with Crippen LogP contribution in [0.2, 0.25) is 0 Å². The summed E-state index contributed by atoms with van der Waals surface area (Å²) < 4.78 is 30.0. The van der Waals surface area contributed by atoms with E-state index in [1.807, 2.05) is 0 Å². The first kappa shape index (κ1) is 32.1. The van der Waals surface area contributed by atoms with Gasteiger partial charge >= 0.3 is 13.8 Å². The zero-order valence-corrected chi connectivity index (χ0v) is 24.3. The molecule has 2 aromatic rings. The Kier molecular flexibility index (Phi) is 13.5. The summed E-state index contributed by atoms with van der Waals surface area (Å²) in [5, 5.41) is 9.48. The van der Waals surface area contributed by atoms with Gasteiger partial charge in [0.15, 0.2) is 23.8 Å². The topological polar surface area (TPSA) is 172 Å². The van der Waals surface area contributed by atoms with Crippen LogP contribution in [0.4, 0.5) is 5.82 Å². The van der Waals surface area contributed by atoms with Crippen molar-refractivity contribution in [1.29, 1.82) is 0 Å². The molecule has 13 heteroatoms. The van der Waals surface area contributed by atoms with E-state index in [0.29, 0.717) is 17.6 Å². The average Bonchev–Trinajstić information content (AvgIpc) is 3.57. The van der Waals surface area contributed by atoms with E-state index in [9.17, 15) is 19.4 Å². The molecule has 0 fully saturated rings. The number of aromatic nitrogens is 4. The number of aliphatic carboxylic acids is 1. The van der Waals surface area contributed by atoms with E-state index < -0.39 is 32.2 Å². The van der Waals surface area contributed by atoms with Crippen LogP contribution >= 0.6 is 7.82 Å². The zero-order valence-electron chi connectivity index (χ0n) is 23.4. The number of phosphoric acid groups is 1. The van der Waals surface area contributed by atoms with Crippen molar-refractivity contribution in [2.45, 2.75) is 115 Å². The second-order valence-corrected chi connectivity index (χ2v) is 11.7. The van der Waals surface area contributed by atoms with Gasteiger partial charge < -0.3 is 20.5 Å². The lowest BCUT2D eigenvalue weighted by molar-refractivity contribution is -0.146. The summed E-state index contributed by atoms with van der Waals surface area (Å²) in [6.45, 7) is 1.94. The highest BCUT2D eigenvalue weighted by Crippen LogP contribution is 2.46. The molecule has 1 aliphatic heterocycles. The van der Waals surface area contributed by atoms with E-state index in [4.69, 9.17) is 19.5 Å². The molecule has 1 aliphatic rings. The number of phosphoric ester groups is 1. The fourth-order valence-corrected chi connectivity index (χ4v) is 5.64. The molecule has 4 atom stereocenters. The molecule has 0 saturated carbocycles. The normalized spacial score (nSPS) is 19.2. The second kappa shape index (κ2) is 16.8. The van der Waals surface area contributed by atoms with Gasteiger partial charge in [-0.25, -0.2) is 24.3 Å². The highest BCUT2D eigenvalue weighted by atomic mass is 31.2. The maximum Gasteiger partial charge on any atom is 0.473 e. The summed E-state index contributed by atoms with van der Waals surface area (Å²) in [6, 6.07) is 0. The van der Waals surface area contributed by atoms with E-state index in [-0.39, 0.29) is 18.8 Å². The molecule has 0 aromatic carbocycles. The molecule has 3 rings (SSSR count). The number of ether oxygens (including phenoxy) is 1. The van der Waals surface area contributed by atoms with Crippen molar-refractivity contribution < 1.29 is 33.1 Å². The molecule has 0 bridgehead atoms. The lowest BCUT2D eigenvalue weighted by Crippen LogP contribution is -2.24. The van der Waals surface area contributed by atoms with Crippen molar-refractivity contribution in [3.05, 3.63) is 24.8 Å². The van der Waals surface area contributed by atoms with Crippen LogP contribution in [0.3, 0.4) is 0 Å². The van der Waals surface area contributed by atoms with Crippen LogP contribution < -0.4 is 5.73 Å². The second-order valence-electron chi connectivity index (χ2n) is 10.3. The number of imidazole rings is 1. The third kappa shape index (κ3) is 10.6. The van der Waals surface area contributed by atoms with E-state index in [2.05, 4.69) is 21.9 Å². The minimum absolute atomic E-state index is 0.140. The number of fused-ring (bicyclic) bond motifs is 1. The van der Waals surface area contributed by atoms with Crippen LogP contribution in [0.25, 0.3) is 11.2 Å². The predicted molar refractivity (Wildman–Crippen MR) is 151 cm³/mol. The third-order valence-corrected chi connectivity index (χ3v) is 7.97. The predicted octanol–water partition coefficient (Wildman–Crippen LogP) is 5.93. The highest BCUT2D eigenvalue weighted by molar-refractivity contribution is 7.47. The van der Waals surface area contributed by atoms with E-state index in [1.165, 1.54) is 70.4 Å². The average molecular weight is 582 g/mol. The largest absolute Gasteiger partial charge is 0.479 e. The van der Waals surface area contributed by atoms with Gasteiger partial charge in [0.05, 0.1) is 12.9 Å². The first-order chi connectivity index (χ1) is 19.3. The van der Waals surface area contributed by atoms with Crippen LogP contribution in [0.1, 0.15) is 103 Å². The monoisotopic (exact) mass is 581 g/mol. The molecular weight excluding hydrogens is 537 g/mol. The van der Waals surface area contributed by atoms with Gasteiger partial charge in [0.25, 0.3) is 0 Å². The maximum atomic E-state index is 12.5. The molecule has 224 valence electrons. The number of hydrogen-bond acceptors (Lipinski definition) is 9. The minimum Gasteiger partial charge on any atom is -0.479 e. The zero-order chi connectivity index (χ0) is 28.8. The van der Waals surface area contributed by atoms with Crippen molar-refractivity contribution in [1.82, 2.24) is 19.5 Å². The molecule has 40 heavy (non-hydrogen) atoms. The van der Waals surface area contributed by atoms with Crippen molar-refractivity contribution in [2.75, 3.05) is 12.3 Å². The Labute approximate surface area is 236 Å². The number of anilines is 1.